The number of anilines is 1. The molecule has 0 fully saturated rings. The predicted octanol–water partition coefficient (Wildman–Crippen LogP) is 4.27. The molecule has 0 saturated heterocycles. The van der Waals surface area contributed by atoms with Gasteiger partial charge in [-0.25, -0.2) is 9.48 Å². The molecule has 1 N–H and O–H groups in total. The van der Waals surface area contributed by atoms with Crippen molar-refractivity contribution in [1.82, 2.24) is 19.7 Å². The van der Waals surface area contributed by atoms with Crippen LogP contribution in [0.2, 0.25) is 0 Å². The Morgan fingerprint density at radius 2 is 1.85 bits per heavy atom. The Bertz CT molecular complexity index is 832. The van der Waals surface area contributed by atoms with Crippen LogP contribution in [-0.4, -0.2) is 32.2 Å². The van der Waals surface area contributed by atoms with Crippen LogP contribution in [0.1, 0.15) is 31.9 Å². The zero-order chi connectivity index (χ0) is 18.4. The number of hydrogen-bond acceptors (Lipinski definition) is 3. The normalized spacial score (nSPS) is 11.8. The number of aromatic nitrogens is 3. The van der Waals surface area contributed by atoms with Gasteiger partial charge in [-0.3, -0.25) is 10.3 Å². The molecule has 0 aliphatic rings. The Labute approximate surface area is 153 Å². The first-order chi connectivity index (χ1) is 12.7. The van der Waals surface area contributed by atoms with E-state index in [1.54, 1.807) is 23.1 Å². The highest BCUT2D eigenvalue weighted by Crippen LogP contribution is 2.24. The summed E-state index contributed by atoms with van der Waals surface area (Å²) in [4.78, 5) is 18.7. The lowest BCUT2D eigenvalue weighted by molar-refractivity contribution is 0.190. The molecule has 0 radical (unpaired) electrons. The van der Waals surface area contributed by atoms with Crippen molar-refractivity contribution < 1.29 is 4.79 Å². The third-order valence-electron chi connectivity index (χ3n) is 4.30. The molecule has 1 atom stereocenters. The average Bonchev–Trinajstić information content (AvgIpc) is 3.15. The molecule has 26 heavy (non-hydrogen) atoms. The maximum atomic E-state index is 12.8. The molecule has 2 amide bonds. The van der Waals surface area contributed by atoms with Crippen LogP contribution in [0.5, 0.6) is 0 Å². The SMILES string of the molecule is CC[C@@H](c1ccncc1)N(CC)C(=O)Nc1ccn(-c2ccccc2)n1. The van der Waals surface area contributed by atoms with Crippen molar-refractivity contribution in [2.24, 2.45) is 0 Å². The number of para-hydroxylation sites is 1. The van der Waals surface area contributed by atoms with Gasteiger partial charge in [-0.2, -0.15) is 0 Å². The number of pyridine rings is 1. The number of benzene rings is 1. The van der Waals surface area contributed by atoms with Crippen LogP contribution >= 0.6 is 0 Å². The minimum atomic E-state index is -0.158. The number of carbonyl (C=O) groups is 1. The van der Waals surface area contributed by atoms with Gasteiger partial charge in [-0.1, -0.05) is 25.1 Å². The van der Waals surface area contributed by atoms with E-state index < -0.39 is 0 Å². The summed E-state index contributed by atoms with van der Waals surface area (Å²) in [5.41, 5.74) is 2.03. The van der Waals surface area contributed by atoms with Gasteiger partial charge in [0.15, 0.2) is 5.82 Å². The number of urea groups is 1. The number of hydrogen-bond donors (Lipinski definition) is 1. The summed E-state index contributed by atoms with van der Waals surface area (Å²) in [6.07, 6.45) is 6.17. The van der Waals surface area contributed by atoms with Gasteiger partial charge >= 0.3 is 6.03 Å². The fourth-order valence-corrected chi connectivity index (χ4v) is 3.02. The first-order valence-corrected chi connectivity index (χ1v) is 8.81. The molecule has 3 rings (SSSR count). The van der Waals surface area contributed by atoms with Crippen LogP contribution in [0.15, 0.2) is 67.1 Å². The lowest BCUT2D eigenvalue weighted by Gasteiger charge is -2.30. The molecule has 1 aromatic carbocycles. The number of nitrogens with one attached hydrogen (secondary N) is 1. The van der Waals surface area contributed by atoms with E-state index in [9.17, 15) is 4.79 Å². The van der Waals surface area contributed by atoms with E-state index in [2.05, 4.69) is 22.3 Å². The van der Waals surface area contributed by atoms with Crippen LogP contribution in [0.4, 0.5) is 10.6 Å². The first-order valence-electron chi connectivity index (χ1n) is 8.81. The lowest BCUT2D eigenvalue weighted by Crippen LogP contribution is -2.38. The second-order valence-corrected chi connectivity index (χ2v) is 5.90. The average molecular weight is 349 g/mol. The van der Waals surface area contributed by atoms with Crippen molar-refractivity contribution in [3.05, 3.63) is 72.7 Å². The summed E-state index contributed by atoms with van der Waals surface area (Å²) >= 11 is 0. The molecule has 2 aromatic heterocycles. The van der Waals surface area contributed by atoms with Gasteiger partial charge in [0.25, 0.3) is 0 Å². The highest BCUT2D eigenvalue weighted by molar-refractivity contribution is 5.88. The molecule has 0 saturated carbocycles. The Morgan fingerprint density at radius 3 is 2.50 bits per heavy atom. The fourth-order valence-electron chi connectivity index (χ4n) is 3.02. The van der Waals surface area contributed by atoms with Crippen molar-refractivity contribution >= 4 is 11.8 Å². The van der Waals surface area contributed by atoms with Crippen LogP contribution in [-0.2, 0) is 0 Å². The summed E-state index contributed by atoms with van der Waals surface area (Å²) in [6.45, 7) is 4.66. The molecule has 6 heteroatoms. The van der Waals surface area contributed by atoms with Gasteiger partial charge in [-0.15, -0.1) is 5.10 Å². The molecule has 6 nitrogen and oxygen atoms in total. The predicted molar refractivity (Wildman–Crippen MR) is 102 cm³/mol. The minimum Gasteiger partial charge on any atom is -0.318 e. The van der Waals surface area contributed by atoms with E-state index >= 15 is 0 Å². The minimum absolute atomic E-state index is 0.000732. The molecule has 0 spiro atoms. The van der Waals surface area contributed by atoms with Crippen LogP contribution in [0.3, 0.4) is 0 Å². The Morgan fingerprint density at radius 1 is 1.12 bits per heavy atom. The van der Waals surface area contributed by atoms with Crippen molar-refractivity contribution in [2.75, 3.05) is 11.9 Å². The Hall–Kier alpha value is -3.15. The molecule has 0 unspecified atom stereocenters. The van der Waals surface area contributed by atoms with Gasteiger partial charge in [0.1, 0.15) is 0 Å². The van der Waals surface area contributed by atoms with E-state index in [4.69, 9.17) is 0 Å². The number of rotatable bonds is 6. The van der Waals surface area contributed by atoms with Gasteiger partial charge in [0.05, 0.1) is 11.7 Å². The van der Waals surface area contributed by atoms with Crippen LogP contribution < -0.4 is 5.32 Å². The summed E-state index contributed by atoms with van der Waals surface area (Å²) < 4.78 is 1.74. The molecule has 3 aromatic rings. The molecule has 0 aliphatic heterocycles. The quantitative estimate of drug-likeness (QED) is 0.723. The second-order valence-electron chi connectivity index (χ2n) is 5.90. The number of carbonyl (C=O) groups excluding carboxylic acids is 1. The largest absolute Gasteiger partial charge is 0.323 e. The van der Waals surface area contributed by atoms with E-state index in [0.29, 0.717) is 12.4 Å². The summed E-state index contributed by atoms with van der Waals surface area (Å²) in [7, 11) is 0. The Balaban J connectivity index is 1.74. The molecular formula is C20H23N5O. The van der Waals surface area contributed by atoms with E-state index in [1.165, 1.54) is 0 Å². The maximum Gasteiger partial charge on any atom is 0.323 e. The molecule has 0 aliphatic carbocycles. The smallest absolute Gasteiger partial charge is 0.318 e. The number of nitrogens with zero attached hydrogens (tertiary/aromatic N) is 4. The fraction of sp³-hybridized carbons (Fsp3) is 0.250. The van der Waals surface area contributed by atoms with E-state index in [-0.39, 0.29) is 12.1 Å². The van der Waals surface area contributed by atoms with Crippen LogP contribution in [0.25, 0.3) is 5.69 Å². The highest BCUT2D eigenvalue weighted by atomic mass is 16.2. The third-order valence-corrected chi connectivity index (χ3v) is 4.30. The van der Waals surface area contributed by atoms with Crippen molar-refractivity contribution in [3.8, 4) is 5.69 Å². The van der Waals surface area contributed by atoms with E-state index in [0.717, 1.165) is 17.7 Å². The first kappa shape index (κ1) is 17.7. The monoisotopic (exact) mass is 349 g/mol. The standard InChI is InChI=1S/C20H23N5O/c1-3-18(16-10-13-21-14-11-16)24(4-2)20(26)22-19-12-15-25(23-19)17-8-6-5-7-9-17/h5-15,18H,3-4H2,1-2H3,(H,22,23,26)/t18-/m0/s1. The zero-order valence-corrected chi connectivity index (χ0v) is 15.0. The molecular weight excluding hydrogens is 326 g/mol. The van der Waals surface area contributed by atoms with E-state index in [1.807, 2.05) is 60.5 Å². The van der Waals surface area contributed by atoms with Gasteiger partial charge < -0.3 is 4.90 Å². The van der Waals surface area contributed by atoms with Crippen molar-refractivity contribution in [1.29, 1.82) is 0 Å². The van der Waals surface area contributed by atoms with Gasteiger partial charge in [-0.05, 0) is 43.2 Å². The van der Waals surface area contributed by atoms with Gasteiger partial charge in [0.2, 0.25) is 0 Å². The molecule has 0 bridgehead atoms. The van der Waals surface area contributed by atoms with Crippen molar-refractivity contribution in [3.63, 3.8) is 0 Å². The Kier molecular flexibility index (Phi) is 5.63. The summed E-state index contributed by atoms with van der Waals surface area (Å²) in [5.74, 6) is 0.530. The summed E-state index contributed by atoms with van der Waals surface area (Å²) in [6, 6.07) is 15.3. The van der Waals surface area contributed by atoms with Crippen LogP contribution in [0, 0.1) is 0 Å². The number of amides is 2. The topological polar surface area (TPSA) is 63.1 Å². The zero-order valence-electron chi connectivity index (χ0n) is 15.0. The third kappa shape index (κ3) is 3.91. The molecule has 134 valence electrons. The van der Waals surface area contributed by atoms with Gasteiger partial charge in [0, 0.05) is 31.2 Å². The second kappa shape index (κ2) is 8.29. The lowest BCUT2D eigenvalue weighted by atomic mass is 10.0. The highest BCUT2D eigenvalue weighted by Gasteiger charge is 2.23. The van der Waals surface area contributed by atoms with Crippen molar-refractivity contribution in [2.45, 2.75) is 26.3 Å². The molecule has 2 heterocycles. The maximum absolute atomic E-state index is 12.8. The summed E-state index contributed by atoms with van der Waals surface area (Å²) in [5, 5.41) is 7.35.